The zero-order valence-corrected chi connectivity index (χ0v) is 14.4. The quantitative estimate of drug-likeness (QED) is 0.769. The molecule has 1 heterocycles. The van der Waals surface area contributed by atoms with Crippen molar-refractivity contribution in [2.45, 2.75) is 24.2 Å². The van der Waals surface area contributed by atoms with E-state index in [1.165, 1.54) is 6.08 Å². The van der Waals surface area contributed by atoms with Crippen LogP contribution in [0.2, 0.25) is 0 Å². The molecule has 6 heteroatoms. The Balaban J connectivity index is 2.23. The van der Waals surface area contributed by atoms with Crippen LogP contribution in [0.5, 0.6) is 0 Å². The highest BCUT2D eigenvalue weighted by atomic mass is 32.2. The van der Waals surface area contributed by atoms with Crippen molar-refractivity contribution in [3.63, 3.8) is 0 Å². The zero-order valence-electron chi connectivity index (χ0n) is 13.6. The summed E-state index contributed by atoms with van der Waals surface area (Å²) in [5, 5.41) is 0. The van der Waals surface area contributed by atoms with Gasteiger partial charge in [-0.2, -0.15) is 0 Å². The fourth-order valence-electron chi connectivity index (χ4n) is 2.62. The third kappa shape index (κ3) is 3.82. The van der Waals surface area contributed by atoms with Gasteiger partial charge in [0.05, 0.1) is 29.3 Å². The van der Waals surface area contributed by atoms with Crippen LogP contribution in [0.1, 0.15) is 19.4 Å². The average Bonchev–Trinajstić information content (AvgIpc) is 2.55. The van der Waals surface area contributed by atoms with Gasteiger partial charge in [-0.25, -0.2) is 8.42 Å². The van der Waals surface area contributed by atoms with Crippen molar-refractivity contribution in [1.29, 1.82) is 0 Å². The maximum Gasteiger partial charge on any atom is 0.232 e. The molecule has 0 spiro atoms. The van der Waals surface area contributed by atoms with Crippen molar-refractivity contribution in [2.75, 3.05) is 32.1 Å². The molecular weight excluding hydrogens is 314 g/mol. The summed E-state index contributed by atoms with van der Waals surface area (Å²) in [5.74, 6) is -0.0647. The molecule has 1 aromatic carbocycles. The van der Waals surface area contributed by atoms with Crippen LogP contribution in [0, 0.1) is 0 Å². The molecule has 126 valence electrons. The summed E-state index contributed by atoms with van der Waals surface area (Å²) in [6, 6.07) is 6.55. The van der Waals surface area contributed by atoms with Crippen LogP contribution < -0.4 is 0 Å². The van der Waals surface area contributed by atoms with Crippen LogP contribution in [-0.2, 0) is 24.8 Å². The predicted octanol–water partition coefficient (Wildman–Crippen LogP) is 1.78. The minimum atomic E-state index is -3.34. The van der Waals surface area contributed by atoms with Gasteiger partial charge in [0, 0.05) is 13.1 Å². The SMILES string of the molecule is C=CCS(=O)(=O)c1ccc(C(C)(C)C(=O)N2CCOCC2)cc1. The lowest BCUT2D eigenvalue weighted by Gasteiger charge is -2.34. The largest absolute Gasteiger partial charge is 0.378 e. The highest BCUT2D eigenvalue weighted by Gasteiger charge is 2.34. The van der Waals surface area contributed by atoms with Gasteiger partial charge >= 0.3 is 0 Å². The van der Waals surface area contributed by atoms with Crippen LogP contribution in [0.3, 0.4) is 0 Å². The van der Waals surface area contributed by atoms with Crippen molar-refractivity contribution >= 4 is 15.7 Å². The molecule has 1 aromatic rings. The standard InChI is InChI=1S/C17H23NO4S/c1-4-13-23(20,21)15-7-5-14(6-8-15)17(2,3)16(19)18-9-11-22-12-10-18/h4-8H,1,9-13H2,2-3H3. The van der Waals surface area contributed by atoms with Gasteiger partial charge in [0.1, 0.15) is 0 Å². The second kappa shape index (κ2) is 6.84. The second-order valence-corrected chi connectivity index (χ2v) is 8.16. The summed E-state index contributed by atoms with van der Waals surface area (Å²) < 4.78 is 29.3. The number of sulfone groups is 1. The van der Waals surface area contributed by atoms with Crippen LogP contribution in [-0.4, -0.2) is 51.3 Å². The molecule has 0 bridgehead atoms. The molecule has 1 aliphatic heterocycles. The van der Waals surface area contributed by atoms with Crippen LogP contribution >= 0.6 is 0 Å². The molecule has 0 aliphatic carbocycles. The first-order valence-electron chi connectivity index (χ1n) is 7.60. The summed E-state index contributed by atoms with van der Waals surface area (Å²) in [5.41, 5.74) is 0.0875. The summed E-state index contributed by atoms with van der Waals surface area (Å²) in [6.45, 7) is 9.48. The Hall–Kier alpha value is -1.66. The first-order chi connectivity index (χ1) is 10.8. The summed E-state index contributed by atoms with van der Waals surface area (Å²) in [4.78, 5) is 14.8. The molecule has 0 aromatic heterocycles. The number of hydrogen-bond acceptors (Lipinski definition) is 4. The van der Waals surface area contributed by atoms with Gasteiger partial charge < -0.3 is 9.64 Å². The van der Waals surface area contributed by atoms with E-state index in [-0.39, 0.29) is 16.6 Å². The van der Waals surface area contributed by atoms with Crippen molar-refractivity contribution in [3.8, 4) is 0 Å². The third-order valence-corrected chi connectivity index (χ3v) is 5.77. The van der Waals surface area contributed by atoms with E-state index in [0.29, 0.717) is 26.3 Å². The molecule has 1 amide bonds. The Kier molecular flexibility index (Phi) is 5.26. The maximum atomic E-state index is 12.7. The minimum Gasteiger partial charge on any atom is -0.378 e. The Morgan fingerprint density at radius 3 is 2.35 bits per heavy atom. The molecule has 0 unspecified atom stereocenters. The highest BCUT2D eigenvalue weighted by molar-refractivity contribution is 7.91. The molecule has 1 saturated heterocycles. The molecule has 5 nitrogen and oxygen atoms in total. The molecular formula is C17H23NO4S. The van der Waals surface area contributed by atoms with Gasteiger partial charge in [-0.15, -0.1) is 6.58 Å². The number of hydrogen-bond donors (Lipinski definition) is 0. The van der Waals surface area contributed by atoms with Gasteiger partial charge in [0.2, 0.25) is 5.91 Å². The number of carbonyl (C=O) groups excluding carboxylic acids is 1. The topological polar surface area (TPSA) is 63.7 Å². The molecule has 23 heavy (non-hydrogen) atoms. The molecule has 1 aliphatic rings. The molecule has 1 fully saturated rings. The smallest absolute Gasteiger partial charge is 0.232 e. The van der Waals surface area contributed by atoms with Gasteiger partial charge in [0.25, 0.3) is 0 Å². The zero-order chi connectivity index (χ0) is 17.1. The van der Waals surface area contributed by atoms with E-state index >= 15 is 0 Å². The van der Waals surface area contributed by atoms with Crippen molar-refractivity contribution in [2.24, 2.45) is 0 Å². The first-order valence-corrected chi connectivity index (χ1v) is 9.25. The number of benzene rings is 1. The Labute approximate surface area is 137 Å². The second-order valence-electron chi connectivity index (χ2n) is 6.12. The van der Waals surface area contributed by atoms with E-state index in [1.807, 2.05) is 13.8 Å². The molecule has 0 radical (unpaired) electrons. The summed E-state index contributed by atoms with van der Waals surface area (Å²) in [6.07, 6.45) is 1.37. The van der Waals surface area contributed by atoms with E-state index in [1.54, 1.807) is 29.2 Å². The fraction of sp³-hybridized carbons (Fsp3) is 0.471. The van der Waals surface area contributed by atoms with E-state index in [4.69, 9.17) is 4.74 Å². The van der Waals surface area contributed by atoms with Gasteiger partial charge in [-0.3, -0.25) is 4.79 Å². The van der Waals surface area contributed by atoms with E-state index in [0.717, 1.165) is 5.56 Å². The van der Waals surface area contributed by atoms with E-state index in [2.05, 4.69) is 6.58 Å². The normalized spacial score (nSPS) is 16.2. The van der Waals surface area contributed by atoms with Crippen LogP contribution in [0.15, 0.2) is 41.8 Å². The first kappa shape index (κ1) is 17.7. The fourth-order valence-corrected chi connectivity index (χ4v) is 3.67. The van der Waals surface area contributed by atoms with Crippen molar-refractivity contribution in [3.05, 3.63) is 42.5 Å². The van der Waals surface area contributed by atoms with Crippen LogP contribution in [0.4, 0.5) is 0 Å². The van der Waals surface area contributed by atoms with Crippen molar-refractivity contribution < 1.29 is 17.9 Å². The maximum absolute atomic E-state index is 12.7. The Morgan fingerprint density at radius 2 is 1.83 bits per heavy atom. The Morgan fingerprint density at radius 1 is 1.26 bits per heavy atom. The monoisotopic (exact) mass is 337 g/mol. The number of rotatable bonds is 5. The minimum absolute atomic E-state index is 0.0301. The molecule has 0 N–H and O–H groups in total. The lowest BCUT2D eigenvalue weighted by molar-refractivity contribution is -0.140. The highest BCUT2D eigenvalue weighted by Crippen LogP contribution is 2.27. The van der Waals surface area contributed by atoms with Gasteiger partial charge in [-0.1, -0.05) is 18.2 Å². The summed E-state index contributed by atoms with van der Waals surface area (Å²) in [7, 11) is -3.34. The molecule has 0 atom stereocenters. The van der Waals surface area contributed by atoms with Gasteiger partial charge in [-0.05, 0) is 31.5 Å². The third-order valence-electron chi connectivity index (χ3n) is 4.11. The molecule has 2 rings (SSSR count). The number of nitrogens with zero attached hydrogens (tertiary/aromatic N) is 1. The lowest BCUT2D eigenvalue weighted by Crippen LogP contribution is -2.48. The number of amides is 1. The average molecular weight is 337 g/mol. The summed E-state index contributed by atoms with van der Waals surface area (Å²) >= 11 is 0. The van der Waals surface area contributed by atoms with E-state index in [9.17, 15) is 13.2 Å². The van der Waals surface area contributed by atoms with Gasteiger partial charge in [0.15, 0.2) is 9.84 Å². The number of morpholine rings is 1. The molecule has 0 saturated carbocycles. The number of carbonyl (C=O) groups is 1. The van der Waals surface area contributed by atoms with Crippen LogP contribution in [0.25, 0.3) is 0 Å². The van der Waals surface area contributed by atoms with E-state index < -0.39 is 15.3 Å². The predicted molar refractivity (Wildman–Crippen MR) is 89.1 cm³/mol. The lowest BCUT2D eigenvalue weighted by atomic mass is 9.83. The number of ether oxygens (including phenoxy) is 1. The van der Waals surface area contributed by atoms with Crippen molar-refractivity contribution in [1.82, 2.24) is 4.90 Å². The Bertz CT molecular complexity index is 671.